The lowest BCUT2D eigenvalue weighted by molar-refractivity contribution is -0.122. The standard InChI is InChI=1S/C8H15N5OS/c1-5(3-8(2,10)6(9)14)15-7-11-4-12-13-7/h4-5H,3,10H2,1-2H3,(H2,9,14)(H,11,12,13). The van der Waals surface area contributed by atoms with Crippen molar-refractivity contribution in [2.24, 2.45) is 11.5 Å². The Morgan fingerprint density at radius 1 is 1.80 bits per heavy atom. The summed E-state index contributed by atoms with van der Waals surface area (Å²) < 4.78 is 0. The maximum atomic E-state index is 11.0. The van der Waals surface area contributed by atoms with Crippen molar-refractivity contribution in [1.82, 2.24) is 15.2 Å². The predicted molar refractivity (Wildman–Crippen MR) is 58.1 cm³/mol. The van der Waals surface area contributed by atoms with Gasteiger partial charge in [0.2, 0.25) is 5.91 Å². The molecule has 0 fully saturated rings. The number of H-pyrrole nitrogens is 1. The van der Waals surface area contributed by atoms with Crippen LogP contribution < -0.4 is 11.5 Å². The number of carbonyl (C=O) groups excluding carboxylic acids is 1. The maximum Gasteiger partial charge on any atom is 0.237 e. The minimum Gasteiger partial charge on any atom is -0.368 e. The van der Waals surface area contributed by atoms with Gasteiger partial charge < -0.3 is 11.5 Å². The number of primary amides is 1. The molecule has 2 atom stereocenters. The highest BCUT2D eigenvalue weighted by Gasteiger charge is 2.28. The second kappa shape index (κ2) is 4.63. The molecule has 1 rings (SSSR count). The predicted octanol–water partition coefficient (Wildman–Crippen LogP) is -0.122. The van der Waals surface area contributed by atoms with Gasteiger partial charge in [-0.25, -0.2) is 4.98 Å². The first-order chi connectivity index (χ1) is 6.92. The number of hydrogen-bond donors (Lipinski definition) is 3. The number of hydrogen-bond acceptors (Lipinski definition) is 5. The number of rotatable bonds is 5. The molecule has 0 aliphatic rings. The van der Waals surface area contributed by atoms with Gasteiger partial charge in [-0.3, -0.25) is 9.89 Å². The van der Waals surface area contributed by atoms with Crippen molar-refractivity contribution < 1.29 is 4.79 Å². The molecule has 6 nitrogen and oxygen atoms in total. The van der Waals surface area contributed by atoms with Crippen LogP contribution in [0, 0.1) is 0 Å². The molecule has 15 heavy (non-hydrogen) atoms. The fourth-order valence-corrected chi connectivity index (χ4v) is 2.21. The van der Waals surface area contributed by atoms with E-state index in [1.807, 2.05) is 6.92 Å². The highest BCUT2D eigenvalue weighted by Crippen LogP contribution is 2.24. The summed E-state index contributed by atoms with van der Waals surface area (Å²) in [5.41, 5.74) is 9.96. The van der Waals surface area contributed by atoms with Crippen molar-refractivity contribution in [2.45, 2.75) is 36.2 Å². The van der Waals surface area contributed by atoms with Crippen LogP contribution >= 0.6 is 11.8 Å². The van der Waals surface area contributed by atoms with Crippen molar-refractivity contribution in [1.29, 1.82) is 0 Å². The minimum atomic E-state index is -0.980. The van der Waals surface area contributed by atoms with Gasteiger partial charge in [0.25, 0.3) is 0 Å². The average Bonchev–Trinajstić information content (AvgIpc) is 2.54. The Morgan fingerprint density at radius 2 is 2.47 bits per heavy atom. The summed E-state index contributed by atoms with van der Waals surface area (Å²) in [5.74, 6) is -0.493. The van der Waals surface area contributed by atoms with E-state index in [0.29, 0.717) is 11.6 Å². The highest BCUT2D eigenvalue weighted by molar-refractivity contribution is 7.99. The van der Waals surface area contributed by atoms with Gasteiger partial charge in [-0.05, 0) is 13.3 Å². The summed E-state index contributed by atoms with van der Waals surface area (Å²) >= 11 is 1.48. The van der Waals surface area contributed by atoms with E-state index in [1.54, 1.807) is 6.92 Å². The summed E-state index contributed by atoms with van der Waals surface area (Å²) in [5, 5.41) is 7.31. The van der Waals surface area contributed by atoms with Gasteiger partial charge >= 0.3 is 0 Å². The summed E-state index contributed by atoms with van der Waals surface area (Å²) in [6.07, 6.45) is 1.93. The van der Waals surface area contributed by atoms with E-state index in [0.717, 1.165) is 0 Å². The first kappa shape index (κ1) is 12.0. The molecule has 1 heterocycles. The summed E-state index contributed by atoms with van der Waals surface area (Å²) in [4.78, 5) is 15.0. The van der Waals surface area contributed by atoms with Gasteiger partial charge in [-0.15, -0.1) is 0 Å². The van der Waals surface area contributed by atoms with Crippen LogP contribution in [-0.4, -0.2) is 31.9 Å². The molecule has 0 aliphatic carbocycles. The van der Waals surface area contributed by atoms with Gasteiger partial charge in [0.05, 0.1) is 5.54 Å². The third-order valence-corrected chi connectivity index (χ3v) is 2.97. The molecular weight excluding hydrogens is 214 g/mol. The smallest absolute Gasteiger partial charge is 0.237 e. The van der Waals surface area contributed by atoms with Crippen molar-refractivity contribution >= 4 is 17.7 Å². The second-order valence-electron chi connectivity index (χ2n) is 3.70. The highest BCUT2D eigenvalue weighted by atomic mass is 32.2. The maximum absolute atomic E-state index is 11.0. The van der Waals surface area contributed by atoms with E-state index < -0.39 is 11.4 Å². The van der Waals surface area contributed by atoms with Gasteiger partial charge in [0.15, 0.2) is 5.16 Å². The van der Waals surface area contributed by atoms with E-state index in [1.165, 1.54) is 18.1 Å². The monoisotopic (exact) mass is 229 g/mol. The molecule has 2 unspecified atom stereocenters. The quantitative estimate of drug-likeness (QED) is 0.609. The van der Waals surface area contributed by atoms with E-state index in [2.05, 4.69) is 15.2 Å². The van der Waals surface area contributed by atoms with E-state index in [4.69, 9.17) is 11.5 Å². The van der Waals surface area contributed by atoms with Crippen LogP contribution in [0.4, 0.5) is 0 Å². The van der Waals surface area contributed by atoms with Crippen molar-refractivity contribution in [3.8, 4) is 0 Å². The first-order valence-electron chi connectivity index (χ1n) is 4.52. The molecule has 0 spiro atoms. The molecule has 0 radical (unpaired) electrons. The molecule has 1 aromatic heterocycles. The minimum absolute atomic E-state index is 0.139. The number of aromatic amines is 1. The lowest BCUT2D eigenvalue weighted by atomic mass is 9.97. The lowest BCUT2D eigenvalue weighted by Crippen LogP contribution is -2.50. The third kappa shape index (κ3) is 3.52. The van der Waals surface area contributed by atoms with E-state index in [9.17, 15) is 4.79 Å². The topological polar surface area (TPSA) is 111 Å². The number of aromatic nitrogens is 3. The van der Waals surface area contributed by atoms with Gasteiger partial charge in [0.1, 0.15) is 6.33 Å². The van der Waals surface area contributed by atoms with Crippen LogP contribution in [0.25, 0.3) is 0 Å². The van der Waals surface area contributed by atoms with Gasteiger partial charge in [-0.2, -0.15) is 5.10 Å². The number of nitrogens with two attached hydrogens (primary N) is 2. The molecule has 0 bridgehead atoms. The Hall–Kier alpha value is -1.08. The SMILES string of the molecule is CC(CC(C)(N)C(N)=O)Sc1ncn[nH]1. The molecule has 1 aromatic rings. The van der Waals surface area contributed by atoms with Crippen LogP contribution in [0.15, 0.2) is 11.5 Å². The molecule has 7 heteroatoms. The molecule has 84 valence electrons. The zero-order valence-electron chi connectivity index (χ0n) is 8.73. The molecule has 5 N–H and O–H groups in total. The second-order valence-corrected chi connectivity index (χ2v) is 5.13. The van der Waals surface area contributed by atoms with Crippen LogP contribution in [0.5, 0.6) is 0 Å². The average molecular weight is 229 g/mol. The fourth-order valence-electron chi connectivity index (χ4n) is 1.18. The number of nitrogens with zero attached hydrogens (tertiary/aromatic N) is 2. The molecule has 1 amide bonds. The number of amides is 1. The van der Waals surface area contributed by atoms with Crippen LogP contribution in [-0.2, 0) is 4.79 Å². The molecule has 0 aromatic carbocycles. The van der Waals surface area contributed by atoms with E-state index >= 15 is 0 Å². The fraction of sp³-hybridized carbons (Fsp3) is 0.625. The Bertz CT molecular complexity index is 324. The Kier molecular flexibility index (Phi) is 3.70. The van der Waals surface area contributed by atoms with Crippen molar-refractivity contribution in [3.05, 3.63) is 6.33 Å². The van der Waals surface area contributed by atoms with Crippen molar-refractivity contribution in [3.63, 3.8) is 0 Å². The number of carbonyl (C=O) groups is 1. The third-order valence-electron chi connectivity index (χ3n) is 1.98. The summed E-state index contributed by atoms with van der Waals surface area (Å²) in [6, 6.07) is 0. The van der Waals surface area contributed by atoms with Crippen LogP contribution in [0.1, 0.15) is 20.3 Å². The zero-order valence-corrected chi connectivity index (χ0v) is 9.54. The Morgan fingerprint density at radius 3 is 2.93 bits per heavy atom. The normalized spacial score (nSPS) is 17.0. The van der Waals surface area contributed by atoms with Crippen LogP contribution in [0.2, 0.25) is 0 Å². The Balaban J connectivity index is 2.49. The first-order valence-corrected chi connectivity index (χ1v) is 5.40. The molecule has 0 aliphatic heterocycles. The number of thioether (sulfide) groups is 1. The molecule has 0 saturated carbocycles. The zero-order chi connectivity index (χ0) is 11.5. The summed E-state index contributed by atoms with van der Waals surface area (Å²) in [6.45, 7) is 3.59. The van der Waals surface area contributed by atoms with E-state index in [-0.39, 0.29) is 5.25 Å². The largest absolute Gasteiger partial charge is 0.368 e. The molecule has 0 saturated heterocycles. The van der Waals surface area contributed by atoms with Gasteiger partial charge in [0, 0.05) is 5.25 Å². The van der Waals surface area contributed by atoms with Gasteiger partial charge in [-0.1, -0.05) is 18.7 Å². The molecular formula is C8H15N5OS. The van der Waals surface area contributed by atoms with Crippen molar-refractivity contribution in [2.75, 3.05) is 0 Å². The van der Waals surface area contributed by atoms with Crippen LogP contribution in [0.3, 0.4) is 0 Å². The Labute approximate surface area is 92.2 Å². The number of nitrogens with one attached hydrogen (secondary N) is 1. The summed E-state index contributed by atoms with van der Waals surface area (Å²) in [7, 11) is 0. The lowest BCUT2D eigenvalue weighted by Gasteiger charge is -2.23.